The maximum Gasteiger partial charge on any atom is 0.226 e. The van der Waals surface area contributed by atoms with Crippen LogP contribution in [0, 0.1) is 0 Å². The Hall–Kier alpha value is -0.900. The van der Waals surface area contributed by atoms with Crippen LogP contribution >= 0.6 is 0 Å². The first-order chi connectivity index (χ1) is 7.14. The predicted octanol–water partition coefficient (Wildman–Crippen LogP) is 1.66. The van der Waals surface area contributed by atoms with Gasteiger partial charge in [-0.3, -0.25) is 0 Å². The Labute approximate surface area is 90.4 Å². The van der Waals surface area contributed by atoms with Crippen LogP contribution in [-0.2, 0) is 11.8 Å². The van der Waals surface area contributed by atoms with Crippen molar-refractivity contribution in [2.24, 2.45) is 0 Å². The lowest BCUT2D eigenvalue weighted by atomic mass is 10.1. The van der Waals surface area contributed by atoms with Gasteiger partial charge in [0.25, 0.3) is 0 Å². The Morgan fingerprint density at radius 1 is 1.53 bits per heavy atom. The Kier molecular flexibility index (Phi) is 2.78. The zero-order valence-electron chi connectivity index (χ0n) is 9.71. The number of hydrogen-bond donors (Lipinski definition) is 1. The molecule has 1 aromatic heterocycles. The third-order valence-electron chi connectivity index (χ3n) is 3.29. The molecule has 0 amide bonds. The molecule has 0 bridgehead atoms. The second kappa shape index (κ2) is 3.93. The van der Waals surface area contributed by atoms with E-state index >= 15 is 0 Å². The molecule has 1 aliphatic rings. The minimum atomic E-state index is 0.219. The summed E-state index contributed by atoms with van der Waals surface area (Å²) in [7, 11) is 1.97. The van der Waals surface area contributed by atoms with Crippen LogP contribution in [0.25, 0.3) is 0 Å². The van der Waals surface area contributed by atoms with Crippen molar-refractivity contribution in [1.29, 1.82) is 0 Å². The Bertz CT molecular complexity index is 330. The summed E-state index contributed by atoms with van der Waals surface area (Å²) in [6.07, 6.45) is 4.29. The molecule has 2 rings (SSSR count). The molecule has 4 nitrogen and oxygen atoms in total. The summed E-state index contributed by atoms with van der Waals surface area (Å²) in [6.45, 7) is 4.34. The standard InChI is InChI=1S/C11H19N3O/c1-8(12-3)4-5-9-13-10(14-15-9)11(2)6-7-11/h8,12H,4-7H2,1-3H3. The third kappa shape index (κ3) is 2.37. The number of aromatic nitrogens is 2. The smallest absolute Gasteiger partial charge is 0.226 e. The van der Waals surface area contributed by atoms with Gasteiger partial charge in [-0.1, -0.05) is 12.1 Å². The highest BCUT2D eigenvalue weighted by Crippen LogP contribution is 2.45. The number of aryl methyl sites for hydroxylation is 1. The summed E-state index contributed by atoms with van der Waals surface area (Å²) in [5, 5.41) is 7.24. The molecular formula is C11H19N3O. The van der Waals surface area contributed by atoms with Crippen LogP contribution in [0.5, 0.6) is 0 Å². The van der Waals surface area contributed by atoms with Gasteiger partial charge in [0.05, 0.1) is 0 Å². The maximum atomic E-state index is 5.24. The van der Waals surface area contributed by atoms with Gasteiger partial charge >= 0.3 is 0 Å². The van der Waals surface area contributed by atoms with Crippen molar-refractivity contribution in [1.82, 2.24) is 15.5 Å². The SMILES string of the molecule is CNC(C)CCc1nc(C2(C)CC2)no1. The van der Waals surface area contributed by atoms with E-state index in [0.29, 0.717) is 6.04 Å². The molecule has 1 heterocycles. The Morgan fingerprint density at radius 2 is 2.27 bits per heavy atom. The van der Waals surface area contributed by atoms with Gasteiger partial charge < -0.3 is 9.84 Å². The van der Waals surface area contributed by atoms with Gasteiger partial charge in [-0.15, -0.1) is 0 Å². The van der Waals surface area contributed by atoms with Crippen LogP contribution in [0.15, 0.2) is 4.52 Å². The molecular weight excluding hydrogens is 190 g/mol. The normalized spacial score (nSPS) is 20.2. The van der Waals surface area contributed by atoms with Crippen molar-refractivity contribution >= 4 is 0 Å². The molecule has 15 heavy (non-hydrogen) atoms. The van der Waals surface area contributed by atoms with Crippen molar-refractivity contribution in [3.63, 3.8) is 0 Å². The minimum Gasteiger partial charge on any atom is -0.339 e. The molecule has 0 aliphatic heterocycles. The molecule has 1 aliphatic carbocycles. The molecule has 0 spiro atoms. The summed E-state index contributed by atoms with van der Waals surface area (Å²) < 4.78 is 5.24. The third-order valence-corrected chi connectivity index (χ3v) is 3.29. The molecule has 0 radical (unpaired) electrons. The molecule has 1 saturated carbocycles. The van der Waals surface area contributed by atoms with Crippen molar-refractivity contribution in [3.8, 4) is 0 Å². The summed E-state index contributed by atoms with van der Waals surface area (Å²) in [6, 6.07) is 0.497. The average Bonchev–Trinajstić information content (AvgIpc) is 2.82. The second-order valence-electron chi connectivity index (χ2n) is 4.80. The fourth-order valence-corrected chi connectivity index (χ4v) is 1.50. The van der Waals surface area contributed by atoms with Gasteiger partial charge in [0.15, 0.2) is 5.82 Å². The van der Waals surface area contributed by atoms with Crippen molar-refractivity contribution in [2.45, 2.75) is 51.0 Å². The Morgan fingerprint density at radius 3 is 2.87 bits per heavy atom. The lowest BCUT2D eigenvalue weighted by molar-refractivity contribution is 0.361. The number of rotatable bonds is 5. The first-order valence-electron chi connectivity index (χ1n) is 5.64. The zero-order chi connectivity index (χ0) is 10.9. The lowest BCUT2D eigenvalue weighted by Gasteiger charge is -2.06. The number of nitrogens with one attached hydrogen (secondary N) is 1. The van der Waals surface area contributed by atoms with Crippen molar-refractivity contribution in [2.75, 3.05) is 7.05 Å². The van der Waals surface area contributed by atoms with Gasteiger partial charge in [0.2, 0.25) is 5.89 Å². The molecule has 1 N–H and O–H groups in total. The number of nitrogens with zero attached hydrogens (tertiary/aromatic N) is 2. The van der Waals surface area contributed by atoms with E-state index in [1.807, 2.05) is 7.05 Å². The monoisotopic (exact) mass is 209 g/mol. The highest BCUT2D eigenvalue weighted by Gasteiger charge is 2.43. The molecule has 1 fully saturated rings. The molecule has 0 saturated heterocycles. The van der Waals surface area contributed by atoms with Crippen LogP contribution in [-0.4, -0.2) is 23.2 Å². The van der Waals surface area contributed by atoms with E-state index in [9.17, 15) is 0 Å². The van der Waals surface area contributed by atoms with E-state index < -0.39 is 0 Å². The van der Waals surface area contributed by atoms with Crippen LogP contribution in [0.4, 0.5) is 0 Å². The largest absolute Gasteiger partial charge is 0.339 e. The van der Waals surface area contributed by atoms with Gasteiger partial charge in [0, 0.05) is 17.9 Å². The summed E-state index contributed by atoms with van der Waals surface area (Å²) in [4.78, 5) is 4.44. The topological polar surface area (TPSA) is 51.0 Å². The fourth-order valence-electron chi connectivity index (χ4n) is 1.50. The summed E-state index contributed by atoms with van der Waals surface area (Å²) in [5.41, 5.74) is 0.219. The summed E-state index contributed by atoms with van der Waals surface area (Å²) >= 11 is 0. The lowest BCUT2D eigenvalue weighted by Crippen LogP contribution is -2.21. The average molecular weight is 209 g/mol. The van der Waals surface area contributed by atoms with Crippen LogP contribution in [0.3, 0.4) is 0 Å². The first-order valence-corrected chi connectivity index (χ1v) is 5.64. The number of hydrogen-bond acceptors (Lipinski definition) is 4. The van der Waals surface area contributed by atoms with E-state index in [0.717, 1.165) is 24.6 Å². The summed E-state index contributed by atoms with van der Waals surface area (Å²) in [5.74, 6) is 1.68. The quantitative estimate of drug-likeness (QED) is 0.801. The van der Waals surface area contributed by atoms with E-state index in [4.69, 9.17) is 4.52 Å². The maximum absolute atomic E-state index is 5.24. The van der Waals surface area contributed by atoms with Gasteiger partial charge in [-0.25, -0.2) is 0 Å². The minimum absolute atomic E-state index is 0.219. The second-order valence-corrected chi connectivity index (χ2v) is 4.80. The van der Waals surface area contributed by atoms with Crippen LogP contribution < -0.4 is 5.32 Å². The van der Waals surface area contributed by atoms with Gasteiger partial charge in [-0.05, 0) is 33.2 Å². The molecule has 0 aromatic carbocycles. The fraction of sp³-hybridized carbons (Fsp3) is 0.818. The van der Waals surface area contributed by atoms with E-state index in [1.165, 1.54) is 12.8 Å². The highest BCUT2D eigenvalue weighted by atomic mass is 16.5. The van der Waals surface area contributed by atoms with Gasteiger partial charge in [0.1, 0.15) is 0 Å². The van der Waals surface area contributed by atoms with Gasteiger partial charge in [-0.2, -0.15) is 4.98 Å². The van der Waals surface area contributed by atoms with E-state index in [-0.39, 0.29) is 5.41 Å². The van der Waals surface area contributed by atoms with Crippen molar-refractivity contribution < 1.29 is 4.52 Å². The van der Waals surface area contributed by atoms with E-state index in [1.54, 1.807) is 0 Å². The molecule has 4 heteroatoms. The van der Waals surface area contributed by atoms with Crippen molar-refractivity contribution in [3.05, 3.63) is 11.7 Å². The Balaban J connectivity index is 1.90. The first kappa shape index (κ1) is 10.6. The predicted molar refractivity (Wildman–Crippen MR) is 57.7 cm³/mol. The highest BCUT2D eigenvalue weighted by molar-refractivity contribution is 5.14. The van der Waals surface area contributed by atoms with Crippen LogP contribution in [0.1, 0.15) is 44.8 Å². The zero-order valence-corrected chi connectivity index (χ0v) is 9.71. The van der Waals surface area contributed by atoms with E-state index in [2.05, 4.69) is 29.3 Å². The molecule has 1 unspecified atom stereocenters. The molecule has 1 aromatic rings. The molecule has 84 valence electrons. The van der Waals surface area contributed by atoms with Crippen LogP contribution in [0.2, 0.25) is 0 Å². The molecule has 1 atom stereocenters.